The zero-order valence-corrected chi connectivity index (χ0v) is 7.06. The molecule has 1 heterocycles. The lowest BCUT2D eigenvalue weighted by molar-refractivity contribution is 0.476. The van der Waals surface area contributed by atoms with Gasteiger partial charge in [-0.15, -0.1) is 0 Å². The number of phenolic OH excluding ortho intramolecular Hbond substituents is 1. The Morgan fingerprint density at radius 1 is 1.25 bits per heavy atom. The van der Waals surface area contributed by atoms with Crippen molar-refractivity contribution in [2.75, 3.05) is 0 Å². The van der Waals surface area contributed by atoms with Crippen LogP contribution in [-0.4, -0.2) is 10.1 Å². The first kappa shape index (κ1) is 7.31. The van der Waals surface area contributed by atoms with Gasteiger partial charge in [0.05, 0.1) is 0 Å². The van der Waals surface area contributed by atoms with Crippen LogP contribution < -0.4 is 0 Å². The smallest absolute Gasteiger partial charge is 0.116 e. The molecule has 60 valence electrons. The molecule has 0 aliphatic heterocycles. The van der Waals surface area contributed by atoms with Gasteiger partial charge in [0.2, 0.25) is 0 Å². The first-order chi connectivity index (χ1) is 5.77. The summed E-state index contributed by atoms with van der Waals surface area (Å²) in [5, 5.41) is 11.1. The summed E-state index contributed by atoms with van der Waals surface area (Å²) in [7, 11) is 0. The Labute approximate surface area is 74.5 Å². The molecule has 1 aromatic carbocycles. The maximum absolute atomic E-state index is 9.19. The van der Waals surface area contributed by atoms with E-state index in [1.165, 1.54) is 0 Å². The molecule has 0 saturated heterocycles. The maximum Gasteiger partial charge on any atom is 0.116 e. The van der Waals surface area contributed by atoms with Crippen molar-refractivity contribution in [3.05, 3.63) is 35.1 Å². The van der Waals surface area contributed by atoms with Crippen molar-refractivity contribution in [2.24, 2.45) is 0 Å². The Kier molecular flexibility index (Phi) is 1.59. The molecule has 0 atom stereocenters. The van der Waals surface area contributed by atoms with E-state index in [2.05, 4.69) is 4.98 Å². The first-order valence-corrected chi connectivity index (χ1v) is 3.98. The zero-order valence-electron chi connectivity index (χ0n) is 6.24. The summed E-state index contributed by atoms with van der Waals surface area (Å²) in [4.78, 5) is 2.91. The molecule has 0 aliphatic carbocycles. The fraction of sp³-hybridized carbons (Fsp3) is 0. The quantitative estimate of drug-likeness (QED) is 0.607. The minimum atomic E-state index is 0.244. The van der Waals surface area contributed by atoms with E-state index < -0.39 is 0 Å². The average molecular weight is 177 g/mol. The largest absolute Gasteiger partial charge is 0.508 e. The lowest BCUT2D eigenvalue weighted by Gasteiger charge is -1.97. The van der Waals surface area contributed by atoms with Crippen molar-refractivity contribution in [1.29, 1.82) is 0 Å². The number of hydrogen-bond donors (Lipinski definition) is 2. The Morgan fingerprint density at radius 3 is 2.92 bits per heavy atom. The Morgan fingerprint density at radius 2 is 2.08 bits per heavy atom. The van der Waals surface area contributed by atoms with Gasteiger partial charge in [-0.05, 0) is 23.6 Å². The van der Waals surface area contributed by atoms with E-state index >= 15 is 0 Å². The van der Waals surface area contributed by atoms with Crippen LogP contribution >= 0.6 is 12.2 Å². The van der Waals surface area contributed by atoms with Crippen LogP contribution in [0, 0.1) is 4.64 Å². The van der Waals surface area contributed by atoms with Crippen molar-refractivity contribution < 1.29 is 5.11 Å². The molecule has 0 unspecified atom stereocenters. The Balaban J connectivity index is 2.98. The molecule has 2 aromatic rings. The van der Waals surface area contributed by atoms with E-state index in [0.29, 0.717) is 4.64 Å². The second kappa shape index (κ2) is 2.60. The highest BCUT2D eigenvalue weighted by atomic mass is 32.1. The third-order valence-electron chi connectivity index (χ3n) is 1.76. The highest BCUT2D eigenvalue weighted by Crippen LogP contribution is 2.19. The number of phenols is 1. The van der Waals surface area contributed by atoms with Gasteiger partial charge >= 0.3 is 0 Å². The van der Waals surface area contributed by atoms with Gasteiger partial charge < -0.3 is 10.1 Å². The van der Waals surface area contributed by atoms with Crippen LogP contribution in [0.1, 0.15) is 0 Å². The van der Waals surface area contributed by atoms with Crippen molar-refractivity contribution in [1.82, 2.24) is 4.98 Å². The van der Waals surface area contributed by atoms with Gasteiger partial charge in [0.15, 0.2) is 0 Å². The van der Waals surface area contributed by atoms with Crippen molar-refractivity contribution >= 4 is 23.0 Å². The van der Waals surface area contributed by atoms with Crippen LogP contribution in [0.15, 0.2) is 30.5 Å². The predicted molar refractivity (Wildman–Crippen MR) is 50.8 cm³/mol. The van der Waals surface area contributed by atoms with Crippen molar-refractivity contribution in [2.45, 2.75) is 0 Å². The van der Waals surface area contributed by atoms with Gasteiger partial charge in [0.25, 0.3) is 0 Å². The number of rotatable bonds is 0. The minimum absolute atomic E-state index is 0.244. The number of nitrogens with one attached hydrogen (secondary N) is 1. The molecule has 12 heavy (non-hydrogen) atoms. The molecule has 0 bridgehead atoms. The molecule has 0 saturated carbocycles. The lowest BCUT2D eigenvalue weighted by Crippen LogP contribution is -1.76. The summed E-state index contributed by atoms with van der Waals surface area (Å²) in [5.74, 6) is 0.244. The lowest BCUT2D eigenvalue weighted by atomic mass is 10.2. The summed E-state index contributed by atoms with van der Waals surface area (Å²) < 4.78 is 0.656. The number of benzene rings is 1. The van der Waals surface area contributed by atoms with E-state index in [1.807, 2.05) is 12.1 Å². The number of pyridine rings is 1. The number of aromatic hydroxyl groups is 1. The molecule has 0 aliphatic rings. The second-order valence-corrected chi connectivity index (χ2v) is 2.99. The highest BCUT2D eigenvalue weighted by Gasteiger charge is 1.94. The molecule has 2 rings (SSSR count). The molecule has 0 radical (unpaired) electrons. The van der Waals surface area contributed by atoms with E-state index in [0.717, 1.165) is 10.8 Å². The molecule has 0 amide bonds. The van der Waals surface area contributed by atoms with E-state index in [9.17, 15) is 5.11 Å². The SMILES string of the molecule is Oc1ccc2cc[nH]c(=S)c2c1. The highest BCUT2D eigenvalue weighted by molar-refractivity contribution is 7.71. The average Bonchev–Trinajstić information content (AvgIpc) is 2.07. The normalized spacial score (nSPS) is 10.3. The molecule has 0 fully saturated rings. The molecule has 0 spiro atoms. The minimum Gasteiger partial charge on any atom is -0.508 e. The Hall–Kier alpha value is -1.35. The zero-order chi connectivity index (χ0) is 8.55. The van der Waals surface area contributed by atoms with Gasteiger partial charge in [0.1, 0.15) is 10.4 Å². The van der Waals surface area contributed by atoms with Crippen LogP contribution in [0.5, 0.6) is 5.75 Å². The van der Waals surface area contributed by atoms with Gasteiger partial charge in [-0.1, -0.05) is 18.3 Å². The molecule has 1 aromatic heterocycles. The maximum atomic E-state index is 9.19. The second-order valence-electron chi connectivity index (χ2n) is 2.58. The Bertz CT molecular complexity index is 475. The van der Waals surface area contributed by atoms with Gasteiger partial charge in [0, 0.05) is 11.6 Å². The molecule has 3 heteroatoms. The van der Waals surface area contributed by atoms with Gasteiger partial charge in [-0.2, -0.15) is 0 Å². The monoisotopic (exact) mass is 177 g/mol. The summed E-state index contributed by atoms with van der Waals surface area (Å²) >= 11 is 5.05. The third-order valence-corrected chi connectivity index (χ3v) is 2.10. The molecule has 2 N–H and O–H groups in total. The molecular formula is C9H7NOS. The third kappa shape index (κ3) is 1.08. The van der Waals surface area contributed by atoms with E-state index in [4.69, 9.17) is 12.2 Å². The summed E-state index contributed by atoms with van der Waals surface area (Å²) in [6.07, 6.45) is 1.79. The van der Waals surface area contributed by atoms with E-state index in [1.54, 1.807) is 18.3 Å². The van der Waals surface area contributed by atoms with Crippen LogP contribution in [-0.2, 0) is 0 Å². The van der Waals surface area contributed by atoms with Crippen LogP contribution in [0.4, 0.5) is 0 Å². The van der Waals surface area contributed by atoms with Crippen molar-refractivity contribution in [3.8, 4) is 5.75 Å². The first-order valence-electron chi connectivity index (χ1n) is 3.58. The number of aromatic amines is 1. The van der Waals surface area contributed by atoms with Gasteiger partial charge in [-0.3, -0.25) is 0 Å². The van der Waals surface area contributed by atoms with Crippen LogP contribution in [0.3, 0.4) is 0 Å². The number of H-pyrrole nitrogens is 1. The number of fused-ring (bicyclic) bond motifs is 1. The van der Waals surface area contributed by atoms with Crippen molar-refractivity contribution in [3.63, 3.8) is 0 Å². The summed E-state index contributed by atoms with van der Waals surface area (Å²) in [6, 6.07) is 7.07. The van der Waals surface area contributed by atoms with Gasteiger partial charge in [-0.25, -0.2) is 0 Å². The fourth-order valence-electron chi connectivity index (χ4n) is 1.17. The molecular weight excluding hydrogens is 170 g/mol. The standard InChI is InChI=1S/C9H7NOS/c11-7-2-1-6-3-4-10-9(12)8(6)5-7/h1-5,11H,(H,10,12). The van der Waals surface area contributed by atoms with Crippen LogP contribution in [0.2, 0.25) is 0 Å². The topological polar surface area (TPSA) is 36.0 Å². The summed E-state index contributed by atoms with van der Waals surface area (Å²) in [5.41, 5.74) is 0. The number of aromatic nitrogens is 1. The predicted octanol–water partition coefficient (Wildman–Crippen LogP) is 2.60. The van der Waals surface area contributed by atoms with E-state index in [-0.39, 0.29) is 5.75 Å². The number of hydrogen-bond acceptors (Lipinski definition) is 2. The fourth-order valence-corrected chi connectivity index (χ4v) is 1.42. The van der Waals surface area contributed by atoms with Crippen LogP contribution in [0.25, 0.3) is 10.8 Å². The summed E-state index contributed by atoms with van der Waals surface area (Å²) in [6.45, 7) is 0. The molecule has 2 nitrogen and oxygen atoms in total.